The van der Waals surface area contributed by atoms with E-state index in [-0.39, 0.29) is 0 Å². The molecule has 1 heterocycles. The molecule has 0 fully saturated rings. The van der Waals surface area contributed by atoms with Gasteiger partial charge in [0.05, 0.1) is 17.6 Å². The third-order valence-electron chi connectivity index (χ3n) is 1.35. The molecule has 0 saturated heterocycles. The van der Waals surface area contributed by atoms with Crippen molar-refractivity contribution in [2.75, 3.05) is 0 Å². The maximum atomic E-state index is 4.19. The largest absolute Gasteiger partial charge is 0.258 e. The fraction of sp³-hybridized carbons (Fsp3) is 0.250. The van der Waals surface area contributed by atoms with Crippen LogP contribution in [0.2, 0.25) is 0 Å². The lowest BCUT2D eigenvalue weighted by molar-refractivity contribution is 1.09. The van der Waals surface area contributed by atoms with Gasteiger partial charge in [-0.05, 0) is 24.4 Å². The zero-order valence-electron chi connectivity index (χ0n) is 6.50. The van der Waals surface area contributed by atoms with Gasteiger partial charge in [-0.25, -0.2) is 0 Å². The molecular formula is C8H9BrN2. The van der Waals surface area contributed by atoms with Gasteiger partial charge in [-0.1, -0.05) is 15.9 Å². The Morgan fingerprint density at radius 3 is 2.64 bits per heavy atom. The minimum Gasteiger partial charge on any atom is -0.258 e. The molecule has 0 aliphatic heterocycles. The molecule has 0 atom stereocenters. The number of nitrogens with zero attached hydrogens (tertiary/aromatic N) is 2. The molecule has 0 spiro atoms. The van der Waals surface area contributed by atoms with Crippen LogP contribution >= 0.6 is 15.9 Å². The van der Waals surface area contributed by atoms with Gasteiger partial charge in [-0.3, -0.25) is 9.97 Å². The van der Waals surface area contributed by atoms with Crippen LogP contribution in [0.5, 0.6) is 0 Å². The summed E-state index contributed by atoms with van der Waals surface area (Å²) in [6.07, 6.45) is 3.53. The summed E-state index contributed by atoms with van der Waals surface area (Å²) < 4.78 is 0. The van der Waals surface area contributed by atoms with Crippen LogP contribution in [0.4, 0.5) is 0 Å². The minimum atomic E-state index is 0.910. The summed E-state index contributed by atoms with van der Waals surface area (Å²) in [5.74, 6) is 0. The molecule has 0 unspecified atom stereocenters. The van der Waals surface area contributed by atoms with Crippen LogP contribution in [0.25, 0.3) is 5.57 Å². The zero-order chi connectivity index (χ0) is 8.27. The molecule has 0 amide bonds. The van der Waals surface area contributed by atoms with Gasteiger partial charge in [0.2, 0.25) is 0 Å². The van der Waals surface area contributed by atoms with E-state index in [0.29, 0.717) is 0 Å². The Morgan fingerprint density at radius 1 is 1.45 bits per heavy atom. The van der Waals surface area contributed by atoms with E-state index in [1.165, 1.54) is 0 Å². The van der Waals surface area contributed by atoms with Crippen molar-refractivity contribution in [3.05, 3.63) is 28.8 Å². The fourth-order valence-electron chi connectivity index (χ4n) is 0.652. The number of hydrogen-bond acceptors (Lipinski definition) is 2. The predicted molar refractivity (Wildman–Crippen MR) is 49.3 cm³/mol. The topological polar surface area (TPSA) is 25.8 Å². The second kappa shape index (κ2) is 3.62. The Morgan fingerprint density at radius 2 is 2.18 bits per heavy atom. The smallest absolute Gasteiger partial charge is 0.0847 e. The third kappa shape index (κ3) is 2.12. The van der Waals surface area contributed by atoms with Crippen molar-refractivity contribution in [3.63, 3.8) is 0 Å². The maximum Gasteiger partial charge on any atom is 0.0847 e. The van der Waals surface area contributed by atoms with Crippen LogP contribution in [-0.4, -0.2) is 9.97 Å². The predicted octanol–water partition coefficient (Wildman–Crippen LogP) is 2.54. The summed E-state index contributed by atoms with van der Waals surface area (Å²) in [4.78, 5) is 10.2. The van der Waals surface area contributed by atoms with Crippen LogP contribution in [0.1, 0.15) is 18.3 Å². The van der Waals surface area contributed by atoms with Crippen molar-refractivity contribution in [1.82, 2.24) is 9.97 Å². The van der Waals surface area contributed by atoms with Crippen molar-refractivity contribution >= 4 is 21.5 Å². The van der Waals surface area contributed by atoms with E-state index >= 15 is 0 Å². The number of halogens is 1. The zero-order valence-corrected chi connectivity index (χ0v) is 8.09. The molecule has 0 aliphatic rings. The first kappa shape index (κ1) is 8.40. The molecule has 1 aromatic heterocycles. The molecule has 1 aromatic rings. The monoisotopic (exact) mass is 212 g/mol. The van der Waals surface area contributed by atoms with Gasteiger partial charge >= 0.3 is 0 Å². The fourth-order valence-corrected chi connectivity index (χ4v) is 0.887. The van der Waals surface area contributed by atoms with Crippen molar-refractivity contribution in [1.29, 1.82) is 0 Å². The normalized spacial score (nSPS) is 11.7. The van der Waals surface area contributed by atoms with E-state index in [1.807, 2.05) is 18.8 Å². The Balaban J connectivity index is 2.99. The molecule has 0 bridgehead atoms. The third-order valence-corrected chi connectivity index (χ3v) is 2.04. The first-order valence-corrected chi connectivity index (χ1v) is 4.21. The molecule has 0 aliphatic carbocycles. The molecule has 0 radical (unpaired) electrons. The van der Waals surface area contributed by atoms with Crippen LogP contribution in [0.3, 0.4) is 0 Å². The lowest BCUT2D eigenvalue weighted by Gasteiger charge is -1.97. The van der Waals surface area contributed by atoms with Crippen LogP contribution in [0, 0.1) is 6.92 Å². The lowest BCUT2D eigenvalue weighted by Crippen LogP contribution is -1.88. The maximum absolute atomic E-state index is 4.19. The summed E-state index contributed by atoms with van der Waals surface area (Å²) in [5, 5.41) is 0. The molecule has 2 nitrogen and oxygen atoms in total. The van der Waals surface area contributed by atoms with Crippen molar-refractivity contribution in [2.45, 2.75) is 13.8 Å². The molecule has 0 aromatic carbocycles. The first-order valence-electron chi connectivity index (χ1n) is 3.30. The van der Waals surface area contributed by atoms with Crippen LogP contribution in [0.15, 0.2) is 17.4 Å². The van der Waals surface area contributed by atoms with Crippen LogP contribution in [-0.2, 0) is 0 Å². The Hall–Kier alpha value is -0.700. The second-order valence-corrected chi connectivity index (χ2v) is 2.79. The molecule has 1 rings (SSSR count). The van der Waals surface area contributed by atoms with E-state index in [4.69, 9.17) is 0 Å². The van der Waals surface area contributed by atoms with Crippen molar-refractivity contribution in [2.24, 2.45) is 0 Å². The highest BCUT2D eigenvalue weighted by Crippen LogP contribution is 2.10. The summed E-state index contributed by atoms with van der Waals surface area (Å²) in [6.45, 7) is 3.90. The molecule has 0 saturated carbocycles. The summed E-state index contributed by atoms with van der Waals surface area (Å²) >= 11 is 3.24. The van der Waals surface area contributed by atoms with Gasteiger partial charge in [0.1, 0.15) is 0 Å². The highest BCUT2D eigenvalue weighted by molar-refractivity contribution is 9.11. The summed E-state index contributed by atoms with van der Waals surface area (Å²) in [7, 11) is 0. The highest BCUT2D eigenvalue weighted by atomic mass is 79.9. The van der Waals surface area contributed by atoms with Crippen LogP contribution < -0.4 is 0 Å². The van der Waals surface area contributed by atoms with E-state index in [0.717, 1.165) is 17.0 Å². The number of allylic oxidation sites excluding steroid dienone is 1. The van der Waals surface area contributed by atoms with Gasteiger partial charge in [-0.15, -0.1) is 0 Å². The standard InChI is InChI=1S/C8H9BrN2/c1-6(3-9)8-5-10-7(2)4-11-8/h3-5H,1-2H3/b6-3+. The van der Waals surface area contributed by atoms with Crippen molar-refractivity contribution < 1.29 is 0 Å². The van der Waals surface area contributed by atoms with E-state index in [2.05, 4.69) is 25.9 Å². The Bertz CT molecular complexity index is 264. The quantitative estimate of drug-likeness (QED) is 0.716. The summed E-state index contributed by atoms with van der Waals surface area (Å²) in [6, 6.07) is 0. The SMILES string of the molecule is C/C(=C\Br)c1cnc(C)cn1. The molecule has 58 valence electrons. The molecule has 3 heteroatoms. The number of hydrogen-bond donors (Lipinski definition) is 0. The van der Waals surface area contributed by atoms with E-state index in [9.17, 15) is 0 Å². The first-order chi connectivity index (χ1) is 5.24. The van der Waals surface area contributed by atoms with Gasteiger partial charge in [0.15, 0.2) is 0 Å². The van der Waals surface area contributed by atoms with Gasteiger partial charge < -0.3 is 0 Å². The van der Waals surface area contributed by atoms with E-state index < -0.39 is 0 Å². The average Bonchev–Trinajstić information content (AvgIpc) is 2.05. The average molecular weight is 213 g/mol. The second-order valence-electron chi connectivity index (χ2n) is 2.34. The molecule has 0 N–H and O–H groups in total. The number of aromatic nitrogens is 2. The Kier molecular flexibility index (Phi) is 2.76. The summed E-state index contributed by atoms with van der Waals surface area (Å²) in [5.41, 5.74) is 2.93. The molecular weight excluding hydrogens is 204 g/mol. The number of aryl methyl sites for hydroxylation is 1. The van der Waals surface area contributed by atoms with Gasteiger partial charge in [0.25, 0.3) is 0 Å². The van der Waals surface area contributed by atoms with Gasteiger partial charge in [-0.2, -0.15) is 0 Å². The van der Waals surface area contributed by atoms with Crippen molar-refractivity contribution in [3.8, 4) is 0 Å². The Labute approximate surface area is 74.5 Å². The molecule has 11 heavy (non-hydrogen) atoms. The lowest BCUT2D eigenvalue weighted by atomic mass is 10.2. The highest BCUT2D eigenvalue weighted by Gasteiger charge is 1.95. The van der Waals surface area contributed by atoms with E-state index in [1.54, 1.807) is 12.4 Å². The minimum absolute atomic E-state index is 0.910. The number of rotatable bonds is 1. The van der Waals surface area contributed by atoms with Gasteiger partial charge in [0, 0.05) is 6.20 Å².